The van der Waals surface area contributed by atoms with Gasteiger partial charge in [-0.05, 0) is 42.7 Å². The van der Waals surface area contributed by atoms with Crippen LogP contribution in [-0.2, 0) is 9.47 Å². The Morgan fingerprint density at radius 3 is 2.22 bits per heavy atom. The number of nitrogens with one attached hydrogen (secondary N) is 1. The van der Waals surface area contributed by atoms with Crippen molar-refractivity contribution in [3.8, 4) is 5.75 Å². The number of benzene rings is 3. The fourth-order valence-electron chi connectivity index (χ4n) is 5.72. The van der Waals surface area contributed by atoms with Gasteiger partial charge in [0.1, 0.15) is 5.75 Å². The number of ether oxygens (including phenoxy) is 3. The van der Waals surface area contributed by atoms with Crippen molar-refractivity contribution in [2.45, 2.75) is 37.5 Å². The molecular formula is C32H30N2O7. The maximum atomic E-state index is 13.3. The van der Waals surface area contributed by atoms with Gasteiger partial charge in [0, 0.05) is 30.5 Å². The minimum Gasteiger partial charge on any atom is -0.491 e. The third kappa shape index (κ3) is 5.03. The van der Waals surface area contributed by atoms with Gasteiger partial charge in [0.15, 0.2) is 12.1 Å². The quantitative estimate of drug-likeness (QED) is 0.331. The normalized spacial score (nSPS) is 21.3. The summed E-state index contributed by atoms with van der Waals surface area (Å²) in [6.07, 6.45) is 0.690. The second kappa shape index (κ2) is 11.3. The molecule has 210 valence electrons. The molecule has 41 heavy (non-hydrogen) atoms. The number of amides is 3. The maximum Gasteiger partial charge on any atom is 0.261 e. The zero-order valence-electron chi connectivity index (χ0n) is 22.6. The van der Waals surface area contributed by atoms with Gasteiger partial charge in [0.25, 0.3) is 17.7 Å². The molecule has 1 N–H and O–H groups in total. The molecule has 0 unspecified atom stereocenters. The van der Waals surface area contributed by atoms with Crippen molar-refractivity contribution in [3.63, 3.8) is 0 Å². The van der Waals surface area contributed by atoms with Crippen molar-refractivity contribution in [1.82, 2.24) is 10.2 Å². The molecule has 0 spiro atoms. The number of Topliss-reactive ketones (excluding diaryl/α,β-unsaturated/α-hetero) is 1. The average molecular weight is 555 g/mol. The topological polar surface area (TPSA) is 111 Å². The van der Waals surface area contributed by atoms with Crippen LogP contribution in [0.4, 0.5) is 0 Å². The first-order valence-corrected chi connectivity index (χ1v) is 13.8. The molecule has 0 saturated carbocycles. The zero-order chi connectivity index (χ0) is 28.5. The molecule has 6 rings (SSSR count). The predicted molar refractivity (Wildman–Crippen MR) is 148 cm³/mol. The molecule has 3 heterocycles. The summed E-state index contributed by atoms with van der Waals surface area (Å²) in [5, 5.41) is 2.64. The molecular weight excluding hydrogens is 524 g/mol. The molecule has 9 heteroatoms. The van der Waals surface area contributed by atoms with E-state index in [1.165, 1.54) is 4.90 Å². The molecule has 3 amide bonds. The number of rotatable bonds is 8. The molecule has 0 aliphatic carbocycles. The number of hydrogen-bond donors (Lipinski definition) is 1. The lowest BCUT2D eigenvalue weighted by Gasteiger charge is -2.33. The molecule has 3 aromatic carbocycles. The fourth-order valence-corrected chi connectivity index (χ4v) is 5.72. The predicted octanol–water partition coefficient (Wildman–Crippen LogP) is 3.96. The highest BCUT2D eigenvalue weighted by Crippen LogP contribution is 2.41. The third-order valence-electron chi connectivity index (χ3n) is 7.87. The highest BCUT2D eigenvalue weighted by atomic mass is 16.7. The molecule has 0 aromatic heterocycles. The van der Waals surface area contributed by atoms with E-state index in [9.17, 15) is 19.2 Å². The number of carbonyl (C=O) groups is 4. The summed E-state index contributed by atoms with van der Waals surface area (Å²) in [7, 11) is 1.55. The van der Waals surface area contributed by atoms with Gasteiger partial charge in [-0.3, -0.25) is 24.1 Å². The van der Waals surface area contributed by atoms with Gasteiger partial charge < -0.3 is 19.5 Å². The summed E-state index contributed by atoms with van der Waals surface area (Å²) in [6.45, 7) is 0.746. The number of nitrogens with zero attached hydrogens (tertiary/aromatic N) is 1. The minimum absolute atomic E-state index is 0.0681. The fraction of sp³-hybridized carbons (Fsp3) is 0.312. The number of hydrogen-bond acceptors (Lipinski definition) is 7. The standard InChI is InChI=1S/C32H30N2O7/c1-33-30(36)25-15-20(14-24-26(18-41-29(24)25)19-8-3-2-4-9-19)27(35)12-7-13-28-39-16-21(17-40-28)34-31(37)22-10-5-6-11-23(22)32(34)38/h2-6,8-11,14-15,21,26,28H,7,12-13,16-18H2,1H3,(H,33,36)/t21?,26-,28?/m0/s1. The first-order chi connectivity index (χ1) is 20.0. The van der Waals surface area contributed by atoms with Crippen LogP contribution >= 0.6 is 0 Å². The second-order valence-corrected chi connectivity index (χ2v) is 10.4. The number of ketones is 1. The van der Waals surface area contributed by atoms with Crippen LogP contribution < -0.4 is 10.1 Å². The van der Waals surface area contributed by atoms with E-state index in [4.69, 9.17) is 14.2 Å². The van der Waals surface area contributed by atoms with E-state index in [1.54, 1.807) is 37.4 Å². The Hall–Kier alpha value is -4.34. The Morgan fingerprint density at radius 1 is 0.902 bits per heavy atom. The first kappa shape index (κ1) is 26.9. The van der Waals surface area contributed by atoms with Crippen LogP contribution in [0.25, 0.3) is 0 Å². The van der Waals surface area contributed by atoms with Crippen molar-refractivity contribution in [2.75, 3.05) is 26.9 Å². The molecule has 9 nitrogen and oxygen atoms in total. The van der Waals surface area contributed by atoms with Gasteiger partial charge in [-0.2, -0.15) is 0 Å². The number of fused-ring (bicyclic) bond motifs is 2. The van der Waals surface area contributed by atoms with Crippen LogP contribution in [0.15, 0.2) is 66.7 Å². The van der Waals surface area contributed by atoms with Gasteiger partial charge in [-0.1, -0.05) is 42.5 Å². The summed E-state index contributed by atoms with van der Waals surface area (Å²) in [5.74, 6) is -0.611. The van der Waals surface area contributed by atoms with Crippen molar-refractivity contribution in [1.29, 1.82) is 0 Å². The Balaban J connectivity index is 1.07. The number of imide groups is 1. The Labute approximate surface area is 237 Å². The smallest absolute Gasteiger partial charge is 0.261 e. The average Bonchev–Trinajstić information content (AvgIpc) is 3.55. The van der Waals surface area contributed by atoms with E-state index >= 15 is 0 Å². The van der Waals surface area contributed by atoms with E-state index in [2.05, 4.69) is 5.32 Å². The third-order valence-corrected chi connectivity index (χ3v) is 7.87. The lowest BCUT2D eigenvalue weighted by atomic mass is 9.89. The lowest BCUT2D eigenvalue weighted by molar-refractivity contribution is -0.199. The van der Waals surface area contributed by atoms with E-state index in [0.29, 0.717) is 47.5 Å². The molecule has 0 radical (unpaired) electrons. The van der Waals surface area contributed by atoms with Gasteiger partial charge in [0.05, 0.1) is 42.6 Å². The monoisotopic (exact) mass is 554 g/mol. The summed E-state index contributed by atoms with van der Waals surface area (Å²) < 4.78 is 17.6. The van der Waals surface area contributed by atoms with E-state index in [-0.39, 0.29) is 49.1 Å². The van der Waals surface area contributed by atoms with Crippen molar-refractivity contribution in [3.05, 3.63) is 100 Å². The highest BCUT2D eigenvalue weighted by Gasteiger charge is 2.41. The van der Waals surface area contributed by atoms with E-state index < -0.39 is 12.3 Å². The SMILES string of the molecule is CNC(=O)c1cc(C(=O)CCCC2OCC(N3C(=O)c4ccccc4C3=O)CO2)cc2c1OC[C@H]2c1ccccc1. The van der Waals surface area contributed by atoms with Crippen molar-refractivity contribution >= 4 is 23.5 Å². The molecule has 1 fully saturated rings. The minimum atomic E-state index is -0.536. The van der Waals surface area contributed by atoms with Crippen LogP contribution in [0, 0.1) is 0 Å². The van der Waals surface area contributed by atoms with Crippen LogP contribution in [0.2, 0.25) is 0 Å². The Kier molecular flexibility index (Phi) is 7.38. The van der Waals surface area contributed by atoms with Crippen molar-refractivity contribution < 1.29 is 33.4 Å². The molecule has 3 aliphatic heterocycles. The number of carbonyl (C=O) groups excluding carboxylic acids is 4. The van der Waals surface area contributed by atoms with Crippen LogP contribution in [0.5, 0.6) is 5.75 Å². The largest absolute Gasteiger partial charge is 0.491 e. The molecule has 1 atom stereocenters. The van der Waals surface area contributed by atoms with E-state index in [0.717, 1.165) is 11.1 Å². The Bertz CT molecular complexity index is 1480. The summed E-state index contributed by atoms with van der Waals surface area (Å²) in [5.41, 5.74) is 3.50. The lowest BCUT2D eigenvalue weighted by Crippen LogP contribution is -2.49. The molecule has 1 saturated heterocycles. The van der Waals surface area contributed by atoms with Crippen molar-refractivity contribution in [2.24, 2.45) is 0 Å². The van der Waals surface area contributed by atoms with Crippen LogP contribution in [-0.4, -0.2) is 67.6 Å². The molecule has 3 aliphatic rings. The van der Waals surface area contributed by atoms with Gasteiger partial charge in [-0.15, -0.1) is 0 Å². The first-order valence-electron chi connectivity index (χ1n) is 13.8. The van der Waals surface area contributed by atoms with E-state index in [1.807, 2.05) is 36.4 Å². The summed E-state index contributed by atoms with van der Waals surface area (Å²) >= 11 is 0. The van der Waals surface area contributed by atoms with Gasteiger partial charge in [-0.25, -0.2) is 0 Å². The second-order valence-electron chi connectivity index (χ2n) is 10.4. The Morgan fingerprint density at radius 2 is 1.56 bits per heavy atom. The van der Waals surface area contributed by atoms with Gasteiger partial charge in [0.2, 0.25) is 0 Å². The van der Waals surface area contributed by atoms with Crippen LogP contribution in [0.1, 0.15) is 77.7 Å². The van der Waals surface area contributed by atoms with Crippen LogP contribution in [0.3, 0.4) is 0 Å². The molecule has 3 aromatic rings. The highest BCUT2D eigenvalue weighted by molar-refractivity contribution is 6.21. The van der Waals surface area contributed by atoms with Gasteiger partial charge >= 0.3 is 0 Å². The summed E-state index contributed by atoms with van der Waals surface area (Å²) in [6, 6.07) is 19.6. The zero-order valence-corrected chi connectivity index (χ0v) is 22.6. The summed E-state index contributed by atoms with van der Waals surface area (Å²) in [4.78, 5) is 52.6. The maximum absolute atomic E-state index is 13.3. The molecule has 0 bridgehead atoms.